The van der Waals surface area contributed by atoms with Crippen molar-refractivity contribution in [3.63, 3.8) is 0 Å². The number of fused-ring (bicyclic) bond motifs is 1. The predicted molar refractivity (Wildman–Crippen MR) is 90.3 cm³/mol. The van der Waals surface area contributed by atoms with Gasteiger partial charge in [0.25, 0.3) is 0 Å². The zero-order valence-corrected chi connectivity index (χ0v) is 12.5. The first kappa shape index (κ1) is 13.7. The number of aromatic amines is 1. The molecule has 2 aromatic carbocycles. The van der Waals surface area contributed by atoms with Gasteiger partial charge in [-0.05, 0) is 36.2 Å². The van der Waals surface area contributed by atoms with Gasteiger partial charge in [-0.15, -0.1) is 0 Å². The van der Waals surface area contributed by atoms with E-state index < -0.39 is 0 Å². The molecule has 1 heterocycles. The number of hydrazone groups is 1. The molecule has 0 aliphatic rings. The highest BCUT2D eigenvalue weighted by Gasteiger charge is 2.04. The van der Waals surface area contributed by atoms with Crippen molar-refractivity contribution in [1.29, 1.82) is 0 Å². The highest BCUT2D eigenvalue weighted by Crippen LogP contribution is 2.21. The fourth-order valence-electron chi connectivity index (χ4n) is 2.34. The van der Waals surface area contributed by atoms with Crippen molar-refractivity contribution in [2.45, 2.75) is 13.3 Å². The smallest absolute Gasteiger partial charge is 0.0566 e. The third kappa shape index (κ3) is 2.93. The number of benzene rings is 2. The predicted octanol–water partition coefficient (Wildman–Crippen LogP) is 4.83. The Labute approximate surface area is 128 Å². The van der Waals surface area contributed by atoms with Gasteiger partial charge in [-0.25, -0.2) is 0 Å². The van der Waals surface area contributed by atoms with Gasteiger partial charge >= 0.3 is 0 Å². The third-order valence-corrected chi connectivity index (χ3v) is 3.71. The van der Waals surface area contributed by atoms with Crippen LogP contribution < -0.4 is 5.43 Å². The Hall–Kier alpha value is -2.26. The molecule has 3 nitrogen and oxygen atoms in total. The van der Waals surface area contributed by atoms with E-state index in [0.29, 0.717) is 5.02 Å². The number of halogens is 1. The van der Waals surface area contributed by atoms with Crippen LogP contribution in [0.3, 0.4) is 0 Å². The quantitative estimate of drug-likeness (QED) is 0.525. The molecule has 3 aromatic rings. The Bertz CT molecular complexity index is 772. The molecule has 0 unspecified atom stereocenters. The summed E-state index contributed by atoms with van der Waals surface area (Å²) < 4.78 is 0. The van der Waals surface area contributed by atoms with E-state index in [0.717, 1.165) is 17.7 Å². The topological polar surface area (TPSA) is 40.2 Å². The molecule has 0 aliphatic carbocycles. The second-order valence-corrected chi connectivity index (χ2v) is 5.25. The van der Waals surface area contributed by atoms with E-state index in [2.05, 4.69) is 40.6 Å². The summed E-state index contributed by atoms with van der Waals surface area (Å²) in [7, 11) is 0. The number of hydrogen-bond donors (Lipinski definition) is 2. The number of aromatic nitrogens is 1. The summed E-state index contributed by atoms with van der Waals surface area (Å²) in [6.45, 7) is 2.16. The van der Waals surface area contributed by atoms with Crippen molar-refractivity contribution < 1.29 is 0 Å². The molecule has 0 radical (unpaired) electrons. The molecule has 1 aromatic heterocycles. The van der Waals surface area contributed by atoms with E-state index in [1.807, 2.05) is 36.7 Å². The highest BCUT2D eigenvalue weighted by atomic mass is 35.5. The van der Waals surface area contributed by atoms with Crippen molar-refractivity contribution >= 4 is 34.4 Å². The summed E-state index contributed by atoms with van der Waals surface area (Å²) >= 11 is 5.85. The van der Waals surface area contributed by atoms with E-state index >= 15 is 0 Å². The molecule has 0 bridgehead atoms. The Kier molecular flexibility index (Phi) is 3.93. The van der Waals surface area contributed by atoms with Crippen LogP contribution in [0.5, 0.6) is 0 Å². The number of nitrogens with one attached hydrogen (secondary N) is 2. The number of nitrogens with zero attached hydrogens (tertiary/aromatic N) is 1. The van der Waals surface area contributed by atoms with E-state index in [1.54, 1.807) is 0 Å². The van der Waals surface area contributed by atoms with Crippen LogP contribution in [0.15, 0.2) is 53.8 Å². The molecule has 106 valence electrons. The van der Waals surface area contributed by atoms with Crippen molar-refractivity contribution in [3.05, 3.63) is 64.8 Å². The fourth-order valence-corrected chi connectivity index (χ4v) is 2.47. The van der Waals surface area contributed by atoms with Crippen LogP contribution in [-0.4, -0.2) is 11.2 Å². The molecule has 0 aliphatic heterocycles. The summed E-state index contributed by atoms with van der Waals surface area (Å²) in [6.07, 6.45) is 4.82. The van der Waals surface area contributed by atoms with Gasteiger partial charge in [0.2, 0.25) is 0 Å². The van der Waals surface area contributed by atoms with Gasteiger partial charge in [-0.3, -0.25) is 5.43 Å². The van der Waals surface area contributed by atoms with Gasteiger partial charge in [0.1, 0.15) is 0 Å². The van der Waals surface area contributed by atoms with Crippen molar-refractivity contribution in [1.82, 2.24) is 4.98 Å². The van der Waals surface area contributed by atoms with Crippen LogP contribution in [0.4, 0.5) is 5.69 Å². The van der Waals surface area contributed by atoms with Crippen LogP contribution >= 0.6 is 11.6 Å². The normalized spacial score (nSPS) is 11.3. The Morgan fingerprint density at radius 2 is 2.00 bits per heavy atom. The van der Waals surface area contributed by atoms with Gasteiger partial charge in [-0.2, -0.15) is 5.10 Å². The first-order valence-electron chi connectivity index (χ1n) is 6.91. The van der Waals surface area contributed by atoms with E-state index in [9.17, 15) is 0 Å². The second kappa shape index (κ2) is 6.02. The van der Waals surface area contributed by atoms with Crippen molar-refractivity contribution in [2.75, 3.05) is 5.43 Å². The lowest BCUT2D eigenvalue weighted by Crippen LogP contribution is -1.89. The van der Waals surface area contributed by atoms with Gasteiger partial charge in [0.05, 0.1) is 11.9 Å². The first-order chi connectivity index (χ1) is 10.3. The van der Waals surface area contributed by atoms with Gasteiger partial charge in [0.15, 0.2) is 0 Å². The van der Waals surface area contributed by atoms with Gasteiger partial charge in [-0.1, -0.05) is 36.7 Å². The van der Waals surface area contributed by atoms with E-state index in [1.165, 1.54) is 16.5 Å². The maximum absolute atomic E-state index is 5.85. The minimum Gasteiger partial charge on any atom is -0.360 e. The number of H-pyrrole nitrogens is 1. The largest absolute Gasteiger partial charge is 0.360 e. The maximum atomic E-state index is 5.85. The molecular formula is C17H16ClN3. The zero-order chi connectivity index (χ0) is 14.7. The zero-order valence-electron chi connectivity index (χ0n) is 11.7. The van der Waals surface area contributed by atoms with Crippen LogP contribution in [0, 0.1) is 0 Å². The average Bonchev–Trinajstić information content (AvgIpc) is 2.92. The Morgan fingerprint density at radius 3 is 2.76 bits per heavy atom. The molecule has 0 amide bonds. The minimum atomic E-state index is 0.716. The number of hydrogen-bond acceptors (Lipinski definition) is 2. The maximum Gasteiger partial charge on any atom is 0.0566 e. The average molecular weight is 298 g/mol. The summed E-state index contributed by atoms with van der Waals surface area (Å²) in [5.74, 6) is 0. The molecule has 0 spiro atoms. The fraction of sp³-hybridized carbons (Fsp3) is 0.118. The van der Waals surface area contributed by atoms with E-state index in [4.69, 9.17) is 11.6 Å². The van der Waals surface area contributed by atoms with E-state index in [-0.39, 0.29) is 0 Å². The Morgan fingerprint density at radius 1 is 1.19 bits per heavy atom. The lowest BCUT2D eigenvalue weighted by molar-refractivity contribution is 1.15. The van der Waals surface area contributed by atoms with Crippen LogP contribution in [0.2, 0.25) is 5.02 Å². The molecular weight excluding hydrogens is 282 g/mol. The lowest BCUT2D eigenvalue weighted by atomic mass is 10.1. The first-order valence-corrected chi connectivity index (χ1v) is 7.29. The standard InChI is InChI=1S/C17H16ClN3/c1-2-12-4-3-5-16-13(10-19-17(12)16)11-20-21-15-8-6-14(18)7-9-15/h3-11,19,21H,2H2,1H3/b20-11+. The summed E-state index contributed by atoms with van der Waals surface area (Å²) in [5, 5.41) is 6.19. The van der Waals surface area contributed by atoms with Crippen LogP contribution in [0.25, 0.3) is 10.9 Å². The summed E-state index contributed by atoms with van der Waals surface area (Å²) in [6, 6.07) is 13.8. The number of rotatable bonds is 4. The molecule has 0 saturated carbocycles. The van der Waals surface area contributed by atoms with Crippen molar-refractivity contribution in [2.24, 2.45) is 5.10 Å². The summed E-state index contributed by atoms with van der Waals surface area (Å²) in [5.41, 5.74) is 7.48. The lowest BCUT2D eigenvalue weighted by Gasteiger charge is -2.00. The molecule has 2 N–H and O–H groups in total. The molecule has 0 atom stereocenters. The molecule has 3 rings (SSSR count). The SMILES string of the molecule is CCc1cccc2c(/C=N/Nc3ccc(Cl)cc3)c[nH]c12. The Balaban J connectivity index is 1.81. The summed E-state index contributed by atoms with van der Waals surface area (Å²) in [4.78, 5) is 3.33. The van der Waals surface area contributed by atoms with Gasteiger partial charge in [0, 0.05) is 27.7 Å². The van der Waals surface area contributed by atoms with Crippen LogP contribution in [0.1, 0.15) is 18.1 Å². The number of anilines is 1. The molecule has 21 heavy (non-hydrogen) atoms. The molecule has 0 fully saturated rings. The van der Waals surface area contributed by atoms with Gasteiger partial charge < -0.3 is 4.98 Å². The van der Waals surface area contributed by atoms with Crippen molar-refractivity contribution in [3.8, 4) is 0 Å². The third-order valence-electron chi connectivity index (χ3n) is 3.46. The molecule has 4 heteroatoms. The monoisotopic (exact) mass is 297 g/mol. The highest BCUT2D eigenvalue weighted by molar-refractivity contribution is 6.30. The second-order valence-electron chi connectivity index (χ2n) is 4.81. The number of aryl methyl sites for hydroxylation is 1. The minimum absolute atomic E-state index is 0.716. The van der Waals surface area contributed by atoms with Crippen LogP contribution in [-0.2, 0) is 6.42 Å². The molecule has 0 saturated heterocycles. The number of para-hydroxylation sites is 1.